The molecule has 2 aliphatic rings. The Morgan fingerprint density at radius 1 is 0.727 bits per heavy atom. The van der Waals surface area contributed by atoms with Gasteiger partial charge in [0.1, 0.15) is 5.82 Å². The first-order valence-electron chi connectivity index (χ1n) is 20.1. The number of rotatable bonds is 7. The molecule has 2 aliphatic carbocycles. The van der Waals surface area contributed by atoms with Gasteiger partial charge in [-0.3, -0.25) is 4.68 Å². The normalized spacial score (nSPS) is 15.7. The number of ether oxygens (including phenoxy) is 1. The Kier molecular flexibility index (Phi) is 10.6. The molecule has 0 N–H and O–H groups in total. The molecule has 0 unspecified atom stereocenters. The Balaban J connectivity index is 0.00000427. The molecular formula is C49H50N4OPt. The summed E-state index contributed by atoms with van der Waals surface area (Å²) in [5.74, 6) is 3.36. The zero-order valence-electron chi connectivity index (χ0n) is 32.5. The molecule has 0 aliphatic heterocycles. The van der Waals surface area contributed by atoms with Crippen molar-refractivity contribution in [2.75, 3.05) is 0 Å². The minimum absolute atomic E-state index is 0. The van der Waals surface area contributed by atoms with Crippen molar-refractivity contribution in [3.63, 3.8) is 0 Å². The molecule has 4 aromatic carbocycles. The van der Waals surface area contributed by atoms with E-state index in [0.29, 0.717) is 23.3 Å². The van der Waals surface area contributed by atoms with E-state index >= 15 is 0 Å². The van der Waals surface area contributed by atoms with Gasteiger partial charge in [0.2, 0.25) is 0 Å². The van der Waals surface area contributed by atoms with Crippen molar-refractivity contribution in [1.82, 2.24) is 19.3 Å². The molecule has 0 amide bonds. The molecular weight excluding hydrogens is 856 g/mol. The first kappa shape index (κ1) is 37.5. The van der Waals surface area contributed by atoms with E-state index in [1.165, 1.54) is 86.5 Å². The number of para-hydroxylation sites is 1. The topological polar surface area (TPSA) is 44.9 Å². The molecule has 7 aromatic rings. The molecule has 282 valence electrons. The predicted octanol–water partition coefficient (Wildman–Crippen LogP) is 13.1. The van der Waals surface area contributed by atoms with Gasteiger partial charge in [-0.15, -0.1) is 35.7 Å². The van der Waals surface area contributed by atoms with Gasteiger partial charge in [-0.05, 0) is 101 Å². The standard InChI is InChI=1S/C49H50N4O.Pt/c1-33-26-43(34-14-7-5-8-15-34)48(44(27-33)35-16-9-6-10-17-35)36-31-51-52(32-36)38-18-13-19-39(29-38)54-40-22-23-42-41-20-11-12-21-45(41)53(46(42)30-40)47-28-37(24-25-50-47)49(2,3)4;/h11-13,18-28,31-32,34-35H,5-10,14-17H2,1-4H3;/q-2;+2. The van der Waals surface area contributed by atoms with Crippen LogP contribution in [0.25, 0.3) is 44.4 Å². The first-order chi connectivity index (χ1) is 26.3. The molecule has 5 nitrogen and oxygen atoms in total. The molecule has 9 rings (SSSR count). The van der Waals surface area contributed by atoms with Gasteiger partial charge in [-0.2, -0.15) is 17.2 Å². The Hall–Kier alpha value is -4.47. The van der Waals surface area contributed by atoms with Crippen molar-refractivity contribution in [2.24, 2.45) is 0 Å². The monoisotopic (exact) mass is 905 g/mol. The summed E-state index contributed by atoms with van der Waals surface area (Å²) in [5.41, 5.74) is 11.2. The van der Waals surface area contributed by atoms with Crippen LogP contribution in [0.3, 0.4) is 0 Å². The first-order valence-corrected chi connectivity index (χ1v) is 20.1. The van der Waals surface area contributed by atoms with E-state index in [0.717, 1.165) is 33.3 Å². The molecule has 0 saturated heterocycles. The van der Waals surface area contributed by atoms with Gasteiger partial charge in [-0.25, -0.2) is 4.98 Å². The van der Waals surface area contributed by atoms with E-state index in [1.807, 2.05) is 29.1 Å². The fourth-order valence-corrected chi connectivity index (χ4v) is 9.16. The number of hydrogen-bond donors (Lipinski definition) is 0. The number of pyridine rings is 1. The van der Waals surface area contributed by atoms with Crippen molar-refractivity contribution in [3.05, 3.63) is 132 Å². The fourth-order valence-electron chi connectivity index (χ4n) is 9.16. The second-order valence-corrected chi connectivity index (χ2v) is 16.8. The van der Waals surface area contributed by atoms with E-state index in [4.69, 9.17) is 14.8 Å². The van der Waals surface area contributed by atoms with Crippen molar-refractivity contribution in [2.45, 2.75) is 109 Å². The van der Waals surface area contributed by atoms with Gasteiger partial charge in [-0.1, -0.05) is 101 Å². The van der Waals surface area contributed by atoms with Crippen LogP contribution >= 0.6 is 0 Å². The second-order valence-electron chi connectivity index (χ2n) is 16.8. The Labute approximate surface area is 340 Å². The number of fused-ring (bicyclic) bond motifs is 3. The van der Waals surface area contributed by atoms with Crippen LogP contribution in [-0.2, 0) is 26.5 Å². The average Bonchev–Trinajstić information content (AvgIpc) is 3.81. The smallest absolute Gasteiger partial charge is 0.509 e. The molecule has 0 radical (unpaired) electrons. The summed E-state index contributed by atoms with van der Waals surface area (Å²) in [6.45, 7) is 8.99. The summed E-state index contributed by atoms with van der Waals surface area (Å²) in [4.78, 5) is 4.83. The largest absolute Gasteiger partial charge is 2.00 e. The van der Waals surface area contributed by atoms with Crippen LogP contribution in [0.1, 0.15) is 119 Å². The SMILES string of the molecule is Cc1cc(C2CCCCC2)c(-c2cnn(-c3[c-]c(Oc4[c-]c5c(cc4)c4ccccc4n5-c4cc(C(C)(C)C)ccn4)ccc3)c2)c(C2CCCCC2)c1.[Pt+2]. The maximum absolute atomic E-state index is 6.53. The summed E-state index contributed by atoms with van der Waals surface area (Å²) in [6.07, 6.45) is 19.3. The molecule has 6 heteroatoms. The molecule has 0 spiro atoms. The van der Waals surface area contributed by atoms with Gasteiger partial charge in [0, 0.05) is 35.0 Å². The van der Waals surface area contributed by atoms with E-state index in [9.17, 15) is 0 Å². The van der Waals surface area contributed by atoms with Crippen LogP contribution < -0.4 is 4.74 Å². The fraction of sp³-hybridized carbons (Fsp3) is 0.347. The summed E-state index contributed by atoms with van der Waals surface area (Å²) in [7, 11) is 0. The summed E-state index contributed by atoms with van der Waals surface area (Å²) >= 11 is 0. The molecule has 3 aromatic heterocycles. The Morgan fingerprint density at radius 2 is 1.42 bits per heavy atom. The van der Waals surface area contributed by atoms with E-state index < -0.39 is 0 Å². The molecule has 55 heavy (non-hydrogen) atoms. The number of nitrogens with zero attached hydrogens (tertiary/aromatic N) is 4. The Bertz CT molecular complexity index is 2420. The summed E-state index contributed by atoms with van der Waals surface area (Å²) in [6, 6.07) is 35.1. The minimum atomic E-state index is 0. The third-order valence-electron chi connectivity index (χ3n) is 11.9. The van der Waals surface area contributed by atoms with Gasteiger partial charge in [0.25, 0.3) is 0 Å². The van der Waals surface area contributed by atoms with Crippen LogP contribution in [-0.4, -0.2) is 19.3 Å². The maximum atomic E-state index is 6.53. The van der Waals surface area contributed by atoms with Gasteiger partial charge < -0.3 is 9.30 Å². The number of aryl methyl sites for hydroxylation is 1. The molecule has 3 heterocycles. The van der Waals surface area contributed by atoms with Gasteiger partial charge in [0.05, 0.1) is 6.20 Å². The van der Waals surface area contributed by atoms with E-state index in [2.05, 4.69) is 117 Å². The van der Waals surface area contributed by atoms with Crippen molar-refractivity contribution in [1.29, 1.82) is 0 Å². The summed E-state index contributed by atoms with van der Waals surface area (Å²) < 4.78 is 10.7. The van der Waals surface area contributed by atoms with Crippen LogP contribution in [0.5, 0.6) is 11.5 Å². The molecule has 2 fully saturated rings. The Morgan fingerprint density at radius 3 is 2.13 bits per heavy atom. The van der Waals surface area contributed by atoms with Crippen LogP contribution in [0.4, 0.5) is 0 Å². The van der Waals surface area contributed by atoms with Crippen LogP contribution in [0.15, 0.2) is 97.5 Å². The van der Waals surface area contributed by atoms with Crippen LogP contribution in [0.2, 0.25) is 0 Å². The van der Waals surface area contributed by atoms with E-state index in [-0.39, 0.29) is 26.5 Å². The summed E-state index contributed by atoms with van der Waals surface area (Å²) in [5, 5.41) is 7.22. The van der Waals surface area contributed by atoms with Crippen molar-refractivity contribution >= 4 is 21.8 Å². The van der Waals surface area contributed by atoms with Crippen molar-refractivity contribution in [3.8, 4) is 34.1 Å². The van der Waals surface area contributed by atoms with Gasteiger partial charge in [0.15, 0.2) is 0 Å². The third-order valence-corrected chi connectivity index (χ3v) is 11.9. The quantitative estimate of drug-likeness (QED) is 0.150. The number of benzene rings is 4. The van der Waals surface area contributed by atoms with E-state index in [1.54, 1.807) is 11.1 Å². The third kappa shape index (κ3) is 7.45. The van der Waals surface area contributed by atoms with Gasteiger partial charge >= 0.3 is 21.1 Å². The molecule has 2 saturated carbocycles. The molecule has 0 atom stereocenters. The maximum Gasteiger partial charge on any atom is 2.00 e. The van der Waals surface area contributed by atoms with Crippen molar-refractivity contribution < 1.29 is 25.8 Å². The zero-order valence-corrected chi connectivity index (χ0v) is 34.7. The minimum Gasteiger partial charge on any atom is -0.509 e. The number of aromatic nitrogens is 4. The number of hydrogen-bond acceptors (Lipinski definition) is 3. The predicted molar refractivity (Wildman–Crippen MR) is 220 cm³/mol. The molecule has 0 bridgehead atoms. The zero-order chi connectivity index (χ0) is 36.8. The second kappa shape index (κ2) is 15.6. The average molecular weight is 906 g/mol. The van der Waals surface area contributed by atoms with Crippen LogP contribution in [0, 0.1) is 19.1 Å².